The Morgan fingerprint density at radius 2 is 0.918 bits per heavy atom. The SMILES string of the molecule is COC(=O)c1cc(-c2cnc(Nc3cc(C)cc(C)c3)nc2-n2nc(C(F)(F)F)cc2C)cnc1OC.COc1ncc(-c2cnc(Nc3cc(C)cc(C)c3)nc2-n2nc(C(F)(F)F)cc2C)cc1C(=O)O. The number of carbonyl (C=O) groups is 2. The fourth-order valence-electron chi connectivity index (χ4n) is 7.54. The number of pyridine rings is 2. The van der Waals surface area contributed by atoms with E-state index in [2.05, 4.69) is 50.7 Å². The van der Waals surface area contributed by atoms with Crippen molar-refractivity contribution in [2.75, 3.05) is 32.0 Å². The minimum atomic E-state index is -4.67. The standard InChI is InChI=1S/C25H23F3N6O3.C24H21F3N6O3/c1-13-6-14(2)8-17(7-13)31-24-30-12-19(16-10-18(23(35)37-5)22(36-4)29-11-16)21(32-24)34-15(3)9-20(33-34)25(26,27)28;1-12-5-13(2)7-16(6-12)30-23-29-11-18(15-9-17(22(34)35)21(36-4)28-10-15)20(31-23)33-14(3)8-19(32-33)24(25,26)27/h6-12H,1-5H3,(H,30,31,32);5-11H,1-4H3,(H,34,35)(H,29,30,31). The molecule has 73 heavy (non-hydrogen) atoms. The Morgan fingerprint density at radius 1 is 0.534 bits per heavy atom. The van der Waals surface area contributed by atoms with Gasteiger partial charge in [-0.15, -0.1) is 0 Å². The Bertz CT molecular complexity index is 3350. The second-order valence-corrected chi connectivity index (χ2v) is 16.4. The van der Waals surface area contributed by atoms with Crippen LogP contribution in [0.4, 0.5) is 49.6 Å². The molecule has 0 aliphatic carbocycles. The van der Waals surface area contributed by atoms with Gasteiger partial charge in [0, 0.05) is 69.8 Å². The predicted molar refractivity (Wildman–Crippen MR) is 254 cm³/mol. The third-order valence-corrected chi connectivity index (χ3v) is 10.6. The fraction of sp³-hybridized carbons (Fsp3) is 0.224. The van der Waals surface area contributed by atoms with Crippen molar-refractivity contribution in [3.8, 4) is 45.6 Å². The van der Waals surface area contributed by atoms with Gasteiger partial charge in [-0.3, -0.25) is 0 Å². The Kier molecular flexibility index (Phi) is 14.8. The number of rotatable bonds is 12. The normalized spacial score (nSPS) is 11.4. The van der Waals surface area contributed by atoms with Crippen LogP contribution in [0.1, 0.15) is 65.7 Å². The molecule has 0 amide bonds. The molecule has 0 aliphatic rings. The molecule has 0 saturated heterocycles. The summed E-state index contributed by atoms with van der Waals surface area (Å²) in [7, 11) is 3.84. The van der Waals surface area contributed by atoms with Crippen molar-refractivity contribution in [1.82, 2.24) is 49.5 Å². The first-order chi connectivity index (χ1) is 34.4. The van der Waals surface area contributed by atoms with Crippen LogP contribution in [0, 0.1) is 41.5 Å². The van der Waals surface area contributed by atoms with Gasteiger partial charge in [-0.1, -0.05) is 12.1 Å². The van der Waals surface area contributed by atoms with Gasteiger partial charge in [-0.05, 0) is 112 Å². The van der Waals surface area contributed by atoms with E-state index in [4.69, 9.17) is 14.2 Å². The number of benzene rings is 2. The Hall–Kier alpha value is -8.96. The van der Waals surface area contributed by atoms with Gasteiger partial charge in [0.2, 0.25) is 23.7 Å². The Labute approximate surface area is 412 Å². The number of aryl methyl sites for hydroxylation is 6. The van der Waals surface area contributed by atoms with E-state index in [0.717, 1.165) is 43.8 Å². The van der Waals surface area contributed by atoms with Crippen LogP contribution < -0.4 is 20.1 Å². The van der Waals surface area contributed by atoms with E-state index in [9.17, 15) is 41.0 Å². The van der Waals surface area contributed by atoms with Crippen molar-refractivity contribution in [3.63, 3.8) is 0 Å². The first kappa shape index (κ1) is 51.9. The van der Waals surface area contributed by atoms with Gasteiger partial charge in [0.05, 0.1) is 21.3 Å². The van der Waals surface area contributed by atoms with Crippen LogP contribution in [-0.4, -0.2) is 87.8 Å². The number of carboxylic acids is 1. The quantitative estimate of drug-likeness (QED) is 0.0765. The van der Waals surface area contributed by atoms with Crippen LogP contribution >= 0.6 is 0 Å². The molecule has 0 unspecified atom stereocenters. The number of hydrogen-bond donors (Lipinski definition) is 3. The summed E-state index contributed by atoms with van der Waals surface area (Å²) in [5.41, 5.74) is 4.52. The van der Waals surface area contributed by atoms with E-state index in [1.54, 1.807) is 0 Å². The summed E-state index contributed by atoms with van der Waals surface area (Å²) in [6.07, 6.45) is -3.80. The van der Waals surface area contributed by atoms with E-state index in [1.807, 2.05) is 64.1 Å². The average molecular weight is 1010 g/mol. The summed E-state index contributed by atoms with van der Waals surface area (Å²) in [5, 5.41) is 23.2. The van der Waals surface area contributed by atoms with E-state index >= 15 is 0 Å². The zero-order chi connectivity index (χ0) is 53.1. The largest absolute Gasteiger partial charge is 0.480 e. The molecule has 0 saturated carbocycles. The lowest BCUT2D eigenvalue weighted by atomic mass is 10.1. The van der Waals surface area contributed by atoms with Gasteiger partial charge in [-0.25, -0.2) is 38.9 Å². The van der Waals surface area contributed by atoms with Crippen molar-refractivity contribution < 1.29 is 55.2 Å². The van der Waals surface area contributed by atoms with Crippen molar-refractivity contribution in [1.29, 1.82) is 0 Å². The molecule has 8 rings (SSSR count). The third-order valence-electron chi connectivity index (χ3n) is 10.6. The maximum atomic E-state index is 13.4. The summed E-state index contributed by atoms with van der Waals surface area (Å²) in [6.45, 7) is 10.7. The van der Waals surface area contributed by atoms with Crippen molar-refractivity contribution in [2.24, 2.45) is 0 Å². The highest BCUT2D eigenvalue weighted by molar-refractivity contribution is 5.94. The molecule has 0 fully saturated rings. The number of carboxylic acid groups (broad SMARTS) is 1. The number of aromatic nitrogens is 10. The van der Waals surface area contributed by atoms with Crippen LogP contribution in [0.25, 0.3) is 33.9 Å². The fourth-order valence-corrected chi connectivity index (χ4v) is 7.54. The van der Waals surface area contributed by atoms with Gasteiger partial charge in [-0.2, -0.15) is 46.5 Å². The maximum Gasteiger partial charge on any atom is 0.435 e. The topological polar surface area (TPSA) is 219 Å². The zero-order valence-electron chi connectivity index (χ0n) is 40.3. The van der Waals surface area contributed by atoms with Crippen molar-refractivity contribution in [3.05, 3.63) is 142 Å². The number of aromatic carboxylic acids is 1. The summed E-state index contributed by atoms with van der Waals surface area (Å²) >= 11 is 0. The lowest BCUT2D eigenvalue weighted by Gasteiger charge is -2.14. The van der Waals surface area contributed by atoms with Gasteiger partial charge in [0.1, 0.15) is 11.1 Å². The van der Waals surface area contributed by atoms with Crippen LogP contribution in [0.15, 0.2) is 85.5 Å². The third kappa shape index (κ3) is 11.8. The van der Waals surface area contributed by atoms with E-state index in [0.29, 0.717) is 16.9 Å². The molecule has 378 valence electrons. The van der Waals surface area contributed by atoms with E-state index < -0.39 is 35.7 Å². The summed E-state index contributed by atoms with van der Waals surface area (Å²) in [6, 6.07) is 16.1. The summed E-state index contributed by atoms with van der Waals surface area (Å²) in [4.78, 5) is 49.8. The number of halogens is 6. The first-order valence-corrected chi connectivity index (χ1v) is 21.6. The molecule has 3 N–H and O–H groups in total. The number of carbonyl (C=O) groups excluding carboxylic acids is 1. The van der Waals surface area contributed by atoms with Crippen molar-refractivity contribution >= 4 is 35.2 Å². The molecule has 0 radical (unpaired) electrons. The van der Waals surface area contributed by atoms with Crippen LogP contribution in [0.5, 0.6) is 11.8 Å². The van der Waals surface area contributed by atoms with Gasteiger partial charge in [0.25, 0.3) is 0 Å². The lowest BCUT2D eigenvalue weighted by Crippen LogP contribution is -2.11. The molecule has 6 heterocycles. The number of alkyl halides is 6. The molecule has 6 aromatic heterocycles. The molecule has 18 nitrogen and oxygen atoms in total. The molecular formula is C49H44F6N12O6. The molecule has 8 aromatic rings. The van der Waals surface area contributed by atoms with Gasteiger partial charge in [0.15, 0.2) is 23.0 Å². The molecule has 2 aromatic carbocycles. The van der Waals surface area contributed by atoms with Crippen LogP contribution in [0.2, 0.25) is 0 Å². The lowest BCUT2D eigenvalue weighted by molar-refractivity contribution is -0.142. The highest BCUT2D eigenvalue weighted by atomic mass is 19.4. The highest BCUT2D eigenvalue weighted by Gasteiger charge is 2.36. The number of ether oxygens (including phenoxy) is 3. The van der Waals surface area contributed by atoms with E-state index in [1.165, 1.54) is 72.1 Å². The summed E-state index contributed by atoms with van der Waals surface area (Å²) < 4.78 is 97.5. The van der Waals surface area contributed by atoms with Gasteiger partial charge < -0.3 is 30.0 Å². The second-order valence-electron chi connectivity index (χ2n) is 16.4. The minimum absolute atomic E-state index is 0.00757. The Morgan fingerprint density at radius 3 is 1.26 bits per heavy atom. The van der Waals surface area contributed by atoms with Crippen LogP contribution in [0.3, 0.4) is 0 Å². The predicted octanol–water partition coefficient (Wildman–Crippen LogP) is 10.3. The molecule has 24 heteroatoms. The number of nitrogens with one attached hydrogen (secondary N) is 2. The zero-order valence-corrected chi connectivity index (χ0v) is 40.3. The molecule has 0 aliphatic heterocycles. The number of esters is 1. The maximum absolute atomic E-state index is 13.4. The Balaban J connectivity index is 0.000000214. The minimum Gasteiger partial charge on any atom is -0.480 e. The average Bonchev–Trinajstić information content (AvgIpc) is 3.93. The molecular weight excluding hydrogens is 967 g/mol. The highest BCUT2D eigenvalue weighted by Crippen LogP contribution is 2.35. The second kappa shape index (κ2) is 20.8. The smallest absolute Gasteiger partial charge is 0.435 e. The number of nitrogens with zero attached hydrogens (tertiary/aromatic N) is 10. The number of anilines is 4. The summed E-state index contributed by atoms with van der Waals surface area (Å²) in [5.74, 6) is -1.75. The van der Waals surface area contributed by atoms with Crippen LogP contribution in [-0.2, 0) is 17.1 Å². The van der Waals surface area contributed by atoms with Crippen molar-refractivity contribution in [2.45, 2.75) is 53.9 Å². The number of hydrogen-bond acceptors (Lipinski definition) is 15. The van der Waals surface area contributed by atoms with Gasteiger partial charge >= 0.3 is 24.3 Å². The first-order valence-electron chi connectivity index (χ1n) is 21.6. The molecule has 0 spiro atoms. The molecule has 0 bridgehead atoms. The number of methoxy groups -OCH3 is 3. The molecule has 0 atom stereocenters. The van der Waals surface area contributed by atoms with E-state index in [-0.39, 0.29) is 74.5 Å². The monoisotopic (exact) mass is 1010 g/mol.